The van der Waals surface area contributed by atoms with Gasteiger partial charge in [-0.25, -0.2) is 9.37 Å². The largest absolute Gasteiger partial charge is 0.494 e. The summed E-state index contributed by atoms with van der Waals surface area (Å²) in [5, 5.41) is 3.10. The van der Waals surface area contributed by atoms with Crippen molar-refractivity contribution in [3.8, 4) is 11.4 Å². The number of rotatable bonds is 7. The monoisotopic (exact) mass is 463 g/mol. The van der Waals surface area contributed by atoms with E-state index < -0.39 is 11.1 Å². The van der Waals surface area contributed by atoms with Gasteiger partial charge in [-0.15, -0.1) is 0 Å². The Morgan fingerprint density at radius 3 is 2.48 bits per heavy atom. The van der Waals surface area contributed by atoms with Crippen LogP contribution in [-0.2, 0) is 4.79 Å². The third kappa shape index (κ3) is 5.06. The Balaban J connectivity index is 1.64. The number of aromatic nitrogens is 2. The average Bonchev–Trinajstić information content (AvgIpc) is 2.81. The number of nitrogens with one attached hydrogen (secondary N) is 1. The van der Waals surface area contributed by atoms with Crippen LogP contribution in [0, 0.1) is 5.82 Å². The zero-order chi connectivity index (χ0) is 23.4. The van der Waals surface area contributed by atoms with Crippen molar-refractivity contribution in [1.29, 1.82) is 0 Å². The standard InChI is InChI=1S/C25H22FN3O3S/c1-3-32-20-14-10-18(11-15-20)27-23(30)16(2)33-25-28-22-7-5-4-6-21(22)24(31)29(25)19-12-8-17(26)9-13-19/h4-16H,3H2,1-2H3,(H,27,30). The van der Waals surface area contributed by atoms with Gasteiger partial charge in [-0.3, -0.25) is 14.2 Å². The van der Waals surface area contributed by atoms with Crippen molar-refractivity contribution in [3.63, 3.8) is 0 Å². The van der Waals surface area contributed by atoms with Crippen molar-refractivity contribution in [2.45, 2.75) is 24.3 Å². The summed E-state index contributed by atoms with van der Waals surface area (Å²) in [5.74, 6) is 0.0803. The molecular formula is C25H22FN3O3S. The maximum Gasteiger partial charge on any atom is 0.266 e. The molecule has 4 aromatic rings. The first kappa shape index (κ1) is 22.5. The molecule has 0 aliphatic rings. The Hall–Kier alpha value is -3.65. The van der Waals surface area contributed by atoms with Crippen LogP contribution in [0.2, 0.25) is 0 Å². The quantitative estimate of drug-likeness (QED) is 0.307. The molecule has 0 saturated heterocycles. The Bertz CT molecular complexity index is 1340. The summed E-state index contributed by atoms with van der Waals surface area (Å²) in [6.07, 6.45) is 0. The van der Waals surface area contributed by atoms with Crippen LogP contribution in [0.1, 0.15) is 13.8 Å². The van der Waals surface area contributed by atoms with Crippen LogP contribution in [0.5, 0.6) is 5.75 Å². The summed E-state index contributed by atoms with van der Waals surface area (Å²) in [6.45, 7) is 4.21. The fraction of sp³-hybridized carbons (Fsp3) is 0.160. The van der Waals surface area contributed by atoms with Crippen molar-refractivity contribution in [1.82, 2.24) is 9.55 Å². The minimum absolute atomic E-state index is 0.239. The number of halogens is 1. The highest BCUT2D eigenvalue weighted by molar-refractivity contribution is 8.00. The van der Waals surface area contributed by atoms with Gasteiger partial charge in [0, 0.05) is 5.69 Å². The molecule has 0 radical (unpaired) electrons. The maximum absolute atomic E-state index is 13.5. The molecule has 1 amide bonds. The Morgan fingerprint density at radius 2 is 1.79 bits per heavy atom. The SMILES string of the molecule is CCOc1ccc(NC(=O)C(C)Sc2nc3ccccc3c(=O)n2-c2ccc(F)cc2)cc1. The smallest absolute Gasteiger partial charge is 0.266 e. The van der Waals surface area contributed by atoms with Gasteiger partial charge in [0.25, 0.3) is 5.56 Å². The Labute approximate surface area is 194 Å². The molecule has 0 spiro atoms. The molecule has 0 bridgehead atoms. The topological polar surface area (TPSA) is 73.2 Å². The fourth-order valence-electron chi connectivity index (χ4n) is 3.27. The molecule has 1 atom stereocenters. The number of para-hydroxylation sites is 1. The van der Waals surface area contributed by atoms with E-state index in [1.165, 1.54) is 28.8 Å². The van der Waals surface area contributed by atoms with Crippen LogP contribution in [0.15, 0.2) is 82.7 Å². The number of hydrogen-bond donors (Lipinski definition) is 1. The second-order valence-corrected chi connectivity index (χ2v) is 8.54. The molecule has 0 saturated carbocycles. The second-order valence-electron chi connectivity index (χ2n) is 7.24. The highest BCUT2D eigenvalue weighted by atomic mass is 32.2. The average molecular weight is 464 g/mol. The predicted octanol–water partition coefficient (Wildman–Crippen LogP) is 5.04. The van der Waals surface area contributed by atoms with Gasteiger partial charge < -0.3 is 10.1 Å². The van der Waals surface area contributed by atoms with Gasteiger partial charge in [0.15, 0.2) is 5.16 Å². The van der Waals surface area contributed by atoms with Crippen molar-refractivity contribution in [3.05, 3.63) is 89.0 Å². The third-order valence-corrected chi connectivity index (χ3v) is 5.97. The first-order chi connectivity index (χ1) is 16.0. The highest BCUT2D eigenvalue weighted by Crippen LogP contribution is 2.26. The van der Waals surface area contributed by atoms with E-state index in [1.807, 2.05) is 6.92 Å². The van der Waals surface area contributed by atoms with Gasteiger partial charge in [-0.05, 0) is 74.5 Å². The minimum atomic E-state index is -0.559. The van der Waals surface area contributed by atoms with Gasteiger partial charge in [0.05, 0.1) is 28.4 Å². The van der Waals surface area contributed by atoms with Gasteiger partial charge in [0.1, 0.15) is 11.6 Å². The number of anilines is 1. The lowest BCUT2D eigenvalue weighted by atomic mass is 10.2. The van der Waals surface area contributed by atoms with E-state index >= 15 is 0 Å². The lowest BCUT2D eigenvalue weighted by Crippen LogP contribution is -2.26. The first-order valence-corrected chi connectivity index (χ1v) is 11.3. The molecule has 0 aliphatic carbocycles. The Morgan fingerprint density at radius 1 is 1.09 bits per heavy atom. The third-order valence-electron chi connectivity index (χ3n) is 4.91. The normalized spacial score (nSPS) is 11.8. The molecular weight excluding hydrogens is 441 g/mol. The number of amides is 1. The fourth-order valence-corrected chi connectivity index (χ4v) is 4.19. The number of benzene rings is 3. The number of thioether (sulfide) groups is 1. The second kappa shape index (κ2) is 9.87. The predicted molar refractivity (Wildman–Crippen MR) is 129 cm³/mol. The van der Waals surface area contributed by atoms with E-state index in [2.05, 4.69) is 10.3 Å². The summed E-state index contributed by atoms with van der Waals surface area (Å²) in [5.41, 5.74) is 1.36. The van der Waals surface area contributed by atoms with Crippen LogP contribution in [0.4, 0.5) is 10.1 Å². The molecule has 8 heteroatoms. The van der Waals surface area contributed by atoms with E-state index in [0.29, 0.717) is 34.0 Å². The van der Waals surface area contributed by atoms with E-state index in [1.54, 1.807) is 55.5 Å². The summed E-state index contributed by atoms with van der Waals surface area (Å²) in [6, 6.07) is 19.7. The molecule has 6 nitrogen and oxygen atoms in total. The van der Waals surface area contributed by atoms with Crippen molar-refractivity contribution >= 4 is 34.3 Å². The van der Waals surface area contributed by atoms with Crippen molar-refractivity contribution in [2.75, 3.05) is 11.9 Å². The van der Waals surface area contributed by atoms with Crippen LogP contribution in [-0.4, -0.2) is 27.3 Å². The summed E-state index contributed by atoms with van der Waals surface area (Å²) in [7, 11) is 0. The molecule has 4 rings (SSSR count). The number of hydrogen-bond acceptors (Lipinski definition) is 5. The Kier molecular flexibility index (Phi) is 6.74. The van der Waals surface area contributed by atoms with Gasteiger partial charge in [-0.2, -0.15) is 0 Å². The molecule has 1 heterocycles. The van der Waals surface area contributed by atoms with E-state index in [-0.39, 0.29) is 11.5 Å². The summed E-state index contributed by atoms with van der Waals surface area (Å²) in [4.78, 5) is 30.7. The molecule has 1 unspecified atom stereocenters. The van der Waals surface area contributed by atoms with Gasteiger partial charge >= 0.3 is 0 Å². The van der Waals surface area contributed by atoms with E-state index in [9.17, 15) is 14.0 Å². The molecule has 33 heavy (non-hydrogen) atoms. The maximum atomic E-state index is 13.5. The molecule has 168 valence electrons. The minimum Gasteiger partial charge on any atom is -0.494 e. The number of carbonyl (C=O) groups is 1. The lowest BCUT2D eigenvalue weighted by Gasteiger charge is -2.16. The molecule has 1 N–H and O–H groups in total. The lowest BCUT2D eigenvalue weighted by molar-refractivity contribution is -0.115. The zero-order valence-electron chi connectivity index (χ0n) is 18.1. The summed E-state index contributed by atoms with van der Waals surface area (Å²) >= 11 is 1.16. The first-order valence-electron chi connectivity index (χ1n) is 10.4. The van der Waals surface area contributed by atoms with Crippen molar-refractivity contribution < 1.29 is 13.9 Å². The highest BCUT2D eigenvalue weighted by Gasteiger charge is 2.20. The number of ether oxygens (including phenoxy) is 1. The van der Waals surface area contributed by atoms with Crippen LogP contribution >= 0.6 is 11.8 Å². The van der Waals surface area contributed by atoms with Crippen molar-refractivity contribution in [2.24, 2.45) is 0 Å². The van der Waals surface area contributed by atoms with Crippen LogP contribution in [0.3, 0.4) is 0 Å². The molecule has 1 aromatic heterocycles. The molecule has 0 fully saturated rings. The van der Waals surface area contributed by atoms with Gasteiger partial charge in [-0.1, -0.05) is 23.9 Å². The zero-order valence-corrected chi connectivity index (χ0v) is 18.9. The molecule has 3 aromatic carbocycles. The number of carbonyl (C=O) groups excluding carboxylic acids is 1. The number of fused-ring (bicyclic) bond motifs is 1. The van der Waals surface area contributed by atoms with Crippen LogP contribution < -0.4 is 15.6 Å². The number of nitrogens with zero attached hydrogens (tertiary/aromatic N) is 2. The van der Waals surface area contributed by atoms with E-state index in [0.717, 1.165) is 17.5 Å². The van der Waals surface area contributed by atoms with E-state index in [4.69, 9.17) is 4.74 Å². The van der Waals surface area contributed by atoms with Crippen LogP contribution in [0.25, 0.3) is 16.6 Å². The summed E-state index contributed by atoms with van der Waals surface area (Å²) < 4.78 is 20.3. The van der Waals surface area contributed by atoms with Gasteiger partial charge in [0.2, 0.25) is 5.91 Å². The molecule has 0 aliphatic heterocycles.